The first kappa shape index (κ1) is 13.9. The molecule has 2 aliphatic heterocycles. The second-order valence-corrected chi connectivity index (χ2v) is 6.58. The molecule has 1 N–H and O–H groups in total. The molecule has 2 aromatic carbocycles. The van der Waals surface area contributed by atoms with Crippen molar-refractivity contribution in [3.8, 4) is 11.5 Å². The van der Waals surface area contributed by atoms with Crippen LogP contribution in [0.25, 0.3) is 10.8 Å². The molecular weight excluding hydrogens is 274 g/mol. The van der Waals surface area contributed by atoms with Gasteiger partial charge in [0.05, 0.1) is 7.11 Å². The highest BCUT2D eigenvalue weighted by molar-refractivity contribution is 5.85. The van der Waals surface area contributed by atoms with Crippen LogP contribution in [0.1, 0.15) is 32.1 Å². The lowest BCUT2D eigenvalue weighted by Crippen LogP contribution is -2.51. The van der Waals surface area contributed by atoms with Gasteiger partial charge in [0.2, 0.25) is 0 Å². The fourth-order valence-electron chi connectivity index (χ4n) is 3.90. The standard InChI is InChI=1S/C19H23NO2/c1-21-17-7-5-14-10-18(8-6-13(14)9-17)22-19-11-15-3-2-4-16(12-19)20-15/h5-10,15-16,19-20H,2-4,11-12H2,1H3. The van der Waals surface area contributed by atoms with Crippen LogP contribution in [-0.2, 0) is 0 Å². The van der Waals surface area contributed by atoms with E-state index in [-0.39, 0.29) is 0 Å². The van der Waals surface area contributed by atoms with Crippen molar-refractivity contribution in [1.82, 2.24) is 5.32 Å². The summed E-state index contributed by atoms with van der Waals surface area (Å²) in [4.78, 5) is 0. The molecule has 2 aliphatic rings. The van der Waals surface area contributed by atoms with Crippen molar-refractivity contribution in [1.29, 1.82) is 0 Å². The lowest BCUT2D eigenvalue weighted by atomic mass is 9.85. The topological polar surface area (TPSA) is 30.5 Å². The van der Waals surface area contributed by atoms with E-state index in [1.807, 2.05) is 6.07 Å². The molecule has 0 aromatic heterocycles. The number of ether oxygens (including phenoxy) is 2. The average molecular weight is 297 g/mol. The number of hydrogen-bond donors (Lipinski definition) is 1. The molecule has 2 atom stereocenters. The SMILES string of the molecule is COc1ccc2cc(OC3CC4CCCC(C3)N4)ccc2c1. The van der Waals surface area contributed by atoms with E-state index < -0.39 is 0 Å². The van der Waals surface area contributed by atoms with Crippen LogP contribution in [0.5, 0.6) is 11.5 Å². The molecule has 2 bridgehead atoms. The van der Waals surface area contributed by atoms with Crippen LogP contribution in [0.2, 0.25) is 0 Å². The van der Waals surface area contributed by atoms with Crippen LogP contribution < -0.4 is 14.8 Å². The quantitative estimate of drug-likeness (QED) is 0.932. The summed E-state index contributed by atoms with van der Waals surface area (Å²) in [6.45, 7) is 0. The van der Waals surface area contributed by atoms with E-state index in [2.05, 4.69) is 35.6 Å². The first-order chi connectivity index (χ1) is 10.8. The fourth-order valence-corrected chi connectivity index (χ4v) is 3.90. The minimum atomic E-state index is 0.354. The third kappa shape index (κ3) is 2.78. The lowest BCUT2D eigenvalue weighted by Gasteiger charge is -2.40. The van der Waals surface area contributed by atoms with E-state index in [1.165, 1.54) is 30.0 Å². The van der Waals surface area contributed by atoms with Crippen molar-refractivity contribution in [2.75, 3.05) is 7.11 Å². The summed E-state index contributed by atoms with van der Waals surface area (Å²) in [5.41, 5.74) is 0. The second kappa shape index (κ2) is 5.81. The van der Waals surface area contributed by atoms with Crippen molar-refractivity contribution in [3.05, 3.63) is 36.4 Å². The molecule has 0 amide bonds. The van der Waals surface area contributed by atoms with Gasteiger partial charge < -0.3 is 14.8 Å². The maximum absolute atomic E-state index is 6.29. The summed E-state index contributed by atoms with van der Waals surface area (Å²) in [5, 5.41) is 6.11. The number of benzene rings is 2. The van der Waals surface area contributed by atoms with Crippen molar-refractivity contribution >= 4 is 10.8 Å². The maximum atomic E-state index is 6.29. The molecule has 2 heterocycles. The van der Waals surface area contributed by atoms with Gasteiger partial charge in [-0.25, -0.2) is 0 Å². The van der Waals surface area contributed by atoms with Crippen LogP contribution in [0, 0.1) is 0 Å². The van der Waals surface area contributed by atoms with Crippen LogP contribution in [0.3, 0.4) is 0 Å². The lowest BCUT2D eigenvalue weighted by molar-refractivity contribution is 0.0928. The van der Waals surface area contributed by atoms with Gasteiger partial charge in [0.25, 0.3) is 0 Å². The molecular formula is C19H23NO2. The van der Waals surface area contributed by atoms with E-state index in [0.717, 1.165) is 24.3 Å². The average Bonchev–Trinajstić information content (AvgIpc) is 2.54. The van der Waals surface area contributed by atoms with Crippen LogP contribution in [0.15, 0.2) is 36.4 Å². The Bertz CT molecular complexity index is 658. The minimum absolute atomic E-state index is 0.354. The van der Waals surface area contributed by atoms with Crippen molar-refractivity contribution in [2.45, 2.75) is 50.3 Å². The van der Waals surface area contributed by atoms with Gasteiger partial charge in [-0.15, -0.1) is 0 Å². The monoisotopic (exact) mass is 297 g/mol. The molecule has 0 saturated carbocycles. The smallest absolute Gasteiger partial charge is 0.120 e. The van der Waals surface area contributed by atoms with E-state index in [9.17, 15) is 0 Å². The maximum Gasteiger partial charge on any atom is 0.120 e. The molecule has 0 spiro atoms. The molecule has 3 heteroatoms. The summed E-state index contributed by atoms with van der Waals surface area (Å²) < 4.78 is 11.6. The Kier molecular flexibility index (Phi) is 3.67. The van der Waals surface area contributed by atoms with Crippen molar-refractivity contribution in [3.63, 3.8) is 0 Å². The molecule has 0 radical (unpaired) electrons. The fraction of sp³-hybridized carbons (Fsp3) is 0.474. The van der Waals surface area contributed by atoms with E-state index in [4.69, 9.17) is 9.47 Å². The summed E-state index contributed by atoms with van der Waals surface area (Å²) in [6, 6.07) is 13.8. The molecule has 116 valence electrons. The number of hydrogen-bond acceptors (Lipinski definition) is 3. The largest absolute Gasteiger partial charge is 0.497 e. The summed E-state index contributed by atoms with van der Waals surface area (Å²) in [7, 11) is 1.70. The zero-order valence-electron chi connectivity index (χ0n) is 13.0. The highest BCUT2D eigenvalue weighted by atomic mass is 16.5. The molecule has 2 unspecified atom stereocenters. The van der Waals surface area contributed by atoms with Crippen molar-refractivity contribution in [2.24, 2.45) is 0 Å². The number of piperidine rings is 2. The third-order valence-corrected chi connectivity index (χ3v) is 4.99. The van der Waals surface area contributed by atoms with Gasteiger partial charge in [0.15, 0.2) is 0 Å². The molecule has 22 heavy (non-hydrogen) atoms. The number of nitrogens with one attached hydrogen (secondary N) is 1. The Morgan fingerprint density at radius 1 is 0.909 bits per heavy atom. The third-order valence-electron chi connectivity index (χ3n) is 4.99. The zero-order valence-corrected chi connectivity index (χ0v) is 13.0. The highest BCUT2D eigenvalue weighted by Crippen LogP contribution is 2.30. The number of methoxy groups -OCH3 is 1. The Balaban J connectivity index is 1.51. The van der Waals surface area contributed by atoms with E-state index in [0.29, 0.717) is 18.2 Å². The zero-order chi connectivity index (χ0) is 14.9. The van der Waals surface area contributed by atoms with Gasteiger partial charge >= 0.3 is 0 Å². The normalized spacial score (nSPS) is 27.6. The van der Waals surface area contributed by atoms with Crippen molar-refractivity contribution < 1.29 is 9.47 Å². The van der Waals surface area contributed by atoms with Gasteiger partial charge in [-0.1, -0.05) is 18.6 Å². The Hall–Kier alpha value is -1.74. The Morgan fingerprint density at radius 2 is 1.55 bits per heavy atom. The van der Waals surface area contributed by atoms with Gasteiger partial charge in [-0.05, 0) is 60.7 Å². The van der Waals surface area contributed by atoms with E-state index in [1.54, 1.807) is 7.11 Å². The number of fused-ring (bicyclic) bond motifs is 3. The van der Waals surface area contributed by atoms with Crippen LogP contribution >= 0.6 is 0 Å². The molecule has 4 rings (SSSR count). The van der Waals surface area contributed by atoms with Gasteiger partial charge in [0.1, 0.15) is 17.6 Å². The minimum Gasteiger partial charge on any atom is -0.497 e. The van der Waals surface area contributed by atoms with E-state index >= 15 is 0 Å². The molecule has 2 aromatic rings. The van der Waals surface area contributed by atoms with Gasteiger partial charge in [0, 0.05) is 12.1 Å². The first-order valence-corrected chi connectivity index (χ1v) is 8.31. The Labute approximate surface area is 131 Å². The second-order valence-electron chi connectivity index (χ2n) is 6.58. The predicted octanol–water partition coefficient (Wildman–Crippen LogP) is 3.90. The molecule has 2 saturated heterocycles. The van der Waals surface area contributed by atoms with Crippen LogP contribution in [0.4, 0.5) is 0 Å². The summed E-state index contributed by atoms with van der Waals surface area (Å²) in [6.07, 6.45) is 6.59. The van der Waals surface area contributed by atoms with Gasteiger partial charge in [-0.3, -0.25) is 0 Å². The number of rotatable bonds is 3. The van der Waals surface area contributed by atoms with Crippen LogP contribution in [-0.4, -0.2) is 25.3 Å². The molecule has 3 nitrogen and oxygen atoms in total. The Morgan fingerprint density at radius 3 is 2.23 bits per heavy atom. The van der Waals surface area contributed by atoms with Gasteiger partial charge in [-0.2, -0.15) is 0 Å². The summed E-state index contributed by atoms with van der Waals surface area (Å²) >= 11 is 0. The highest BCUT2D eigenvalue weighted by Gasteiger charge is 2.32. The predicted molar refractivity (Wildman–Crippen MR) is 88.7 cm³/mol. The first-order valence-electron chi connectivity index (χ1n) is 8.31. The summed E-state index contributed by atoms with van der Waals surface area (Å²) in [5.74, 6) is 1.88. The molecule has 2 fully saturated rings. The molecule has 0 aliphatic carbocycles.